The summed E-state index contributed by atoms with van der Waals surface area (Å²) in [6.07, 6.45) is 0. The number of rotatable bonds is 6. The zero-order valence-electron chi connectivity index (χ0n) is 11.4. The van der Waals surface area contributed by atoms with Crippen molar-refractivity contribution in [2.24, 2.45) is 0 Å². The minimum Gasteiger partial charge on any atom is -0.313 e. The number of hydrogen-bond acceptors (Lipinski definition) is 3. The topological polar surface area (TPSA) is 58.2 Å². The van der Waals surface area contributed by atoms with Crippen LogP contribution in [0.3, 0.4) is 0 Å². The zero-order valence-corrected chi connectivity index (χ0v) is 12.3. The molecule has 0 aliphatic rings. The van der Waals surface area contributed by atoms with Crippen molar-refractivity contribution in [2.45, 2.75) is 38.6 Å². The van der Waals surface area contributed by atoms with Gasteiger partial charge in [-0.25, -0.2) is 13.1 Å². The second-order valence-corrected chi connectivity index (χ2v) is 6.52. The summed E-state index contributed by atoms with van der Waals surface area (Å²) in [4.78, 5) is 0.329. The maximum atomic E-state index is 12.0. The lowest BCUT2D eigenvalue weighted by molar-refractivity contribution is 0.559. The number of benzene rings is 1. The molecule has 0 aliphatic heterocycles. The van der Waals surface area contributed by atoms with E-state index in [9.17, 15) is 8.42 Å². The fraction of sp³-hybridized carbons (Fsp3) is 0.538. The molecule has 0 amide bonds. The van der Waals surface area contributed by atoms with Crippen LogP contribution in [0.2, 0.25) is 0 Å². The van der Waals surface area contributed by atoms with Gasteiger partial charge in [0.25, 0.3) is 0 Å². The van der Waals surface area contributed by atoms with E-state index in [2.05, 4.69) is 10.0 Å². The molecule has 0 spiro atoms. The van der Waals surface area contributed by atoms with Crippen molar-refractivity contribution in [1.29, 1.82) is 0 Å². The minimum atomic E-state index is -3.39. The van der Waals surface area contributed by atoms with Crippen LogP contribution in [0.1, 0.15) is 25.0 Å². The van der Waals surface area contributed by atoms with Crippen molar-refractivity contribution >= 4 is 10.0 Å². The highest BCUT2D eigenvalue weighted by atomic mass is 32.2. The highest BCUT2D eigenvalue weighted by Gasteiger charge is 2.13. The first kappa shape index (κ1) is 15.1. The van der Waals surface area contributed by atoms with Gasteiger partial charge in [-0.05, 0) is 37.1 Å². The molecule has 0 heterocycles. The van der Waals surface area contributed by atoms with Crippen molar-refractivity contribution in [3.05, 3.63) is 29.3 Å². The predicted molar refractivity (Wildman–Crippen MR) is 74.2 cm³/mol. The molecule has 1 aromatic carbocycles. The van der Waals surface area contributed by atoms with E-state index in [1.807, 2.05) is 33.8 Å². The molecule has 2 N–H and O–H groups in total. The van der Waals surface area contributed by atoms with Gasteiger partial charge in [0.15, 0.2) is 0 Å². The van der Waals surface area contributed by atoms with Gasteiger partial charge in [0.1, 0.15) is 0 Å². The van der Waals surface area contributed by atoms with Crippen LogP contribution in [0.5, 0.6) is 0 Å². The quantitative estimate of drug-likeness (QED) is 0.772. The summed E-state index contributed by atoms with van der Waals surface area (Å²) in [5.41, 5.74) is 2.08. The monoisotopic (exact) mass is 270 g/mol. The largest absolute Gasteiger partial charge is 0.313 e. The van der Waals surface area contributed by atoms with Gasteiger partial charge in [-0.2, -0.15) is 0 Å². The molecular formula is C13H22N2O2S. The Hall–Kier alpha value is -0.910. The molecule has 0 saturated heterocycles. The third-order valence-corrected chi connectivity index (χ3v) is 4.22. The van der Waals surface area contributed by atoms with Gasteiger partial charge in [-0.3, -0.25) is 0 Å². The van der Waals surface area contributed by atoms with Crippen molar-refractivity contribution in [1.82, 2.24) is 10.0 Å². The average molecular weight is 270 g/mol. The van der Waals surface area contributed by atoms with Gasteiger partial charge in [-0.1, -0.05) is 19.9 Å². The van der Waals surface area contributed by atoms with Gasteiger partial charge in [0.2, 0.25) is 10.0 Å². The molecule has 1 rings (SSSR count). The Labute approximate surface area is 110 Å². The molecule has 0 unspecified atom stereocenters. The van der Waals surface area contributed by atoms with Gasteiger partial charge in [-0.15, -0.1) is 0 Å². The maximum Gasteiger partial charge on any atom is 0.240 e. The SMILES string of the molecule is Cc1ccc(S(=O)(=O)NCCNC(C)C)cc1C. The number of aryl methyl sites for hydroxylation is 2. The van der Waals surface area contributed by atoms with E-state index in [0.717, 1.165) is 11.1 Å². The summed E-state index contributed by atoms with van der Waals surface area (Å²) in [6, 6.07) is 5.53. The lowest BCUT2D eigenvalue weighted by Gasteiger charge is -2.10. The molecule has 0 saturated carbocycles. The molecule has 1 aromatic rings. The molecule has 0 atom stereocenters. The smallest absolute Gasteiger partial charge is 0.240 e. The van der Waals surface area contributed by atoms with Crippen LogP contribution in [0.25, 0.3) is 0 Å². The van der Waals surface area contributed by atoms with Crippen molar-refractivity contribution in [3.8, 4) is 0 Å². The Morgan fingerprint density at radius 2 is 1.78 bits per heavy atom. The van der Waals surface area contributed by atoms with E-state index in [-0.39, 0.29) is 0 Å². The summed E-state index contributed by atoms with van der Waals surface area (Å²) < 4.78 is 26.6. The van der Waals surface area contributed by atoms with Gasteiger partial charge >= 0.3 is 0 Å². The van der Waals surface area contributed by atoms with Crippen molar-refractivity contribution in [3.63, 3.8) is 0 Å². The highest BCUT2D eigenvalue weighted by molar-refractivity contribution is 7.89. The summed E-state index contributed by atoms with van der Waals surface area (Å²) in [5.74, 6) is 0. The first-order valence-electron chi connectivity index (χ1n) is 6.13. The maximum absolute atomic E-state index is 12.0. The number of sulfonamides is 1. The standard InChI is InChI=1S/C13H22N2O2S/c1-10(2)14-7-8-15-18(16,17)13-6-5-11(3)12(4)9-13/h5-6,9-10,14-15H,7-8H2,1-4H3. The fourth-order valence-electron chi connectivity index (χ4n) is 1.51. The molecule has 5 heteroatoms. The Balaban J connectivity index is 2.66. The van der Waals surface area contributed by atoms with E-state index in [1.165, 1.54) is 0 Å². The van der Waals surface area contributed by atoms with Crippen LogP contribution < -0.4 is 10.0 Å². The number of hydrogen-bond donors (Lipinski definition) is 2. The molecule has 0 bridgehead atoms. The molecule has 18 heavy (non-hydrogen) atoms. The van der Waals surface area contributed by atoms with Gasteiger partial charge in [0.05, 0.1) is 4.90 Å². The summed E-state index contributed by atoms with van der Waals surface area (Å²) in [5, 5.41) is 3.16. The van der Waals surface area contributed by atoms with Gasteiger partial charge in [0, 0.05) is 19.1 Å². The summed E-state index contributed by atoms with van der Waals surface area (Å²) in [6.45, 7) is 8.95. The average Bonchev–Trinajstić information content (AvgIpc) is 2.28. The van der Waals surface area contributed by atoms with E-state index in [4.69, 9.17) is 0 Å². The predicted octanol–water partition coefficient (Wildman–Crippen LogP) is 1.58. The van der Waals surface area contributed by atoms with Crippen LogP contribution >= 0.6 is 0 Å². The first-order valence-corrected chi connectivity index (χ1v) is 7.61. The molecular weight excluding hydrogens is 248 g/mol. The Morgan fingerprint density at radius 1 is 1.11 bits per heavy atom. The molecule has 0 aliphatic carbocycles. The Kier molecular flexibility index (Phi) is 5.31. The lowest BCUT2D eigenvalue weighted by atomic mass is 10.1. The first-order chi connectivity index (χ1) is 8.33. The van der Waals surface area contributed by atoms with E-state index in [0.29, 0.717) is 24.0 Å². The van der Waals surface area contributed by atoms with E-state index < -0.39 is 10.0 Å². The third kappa shape index (κ3) is 4.40. The molecule has 0 aromatic heterocycles. The summed E-state index contributed by atoms with van der Waals surface area (Å²) >= 11 is 0. The van der Waals surface area contributed by atoms with Gasteiger partial charge < -0.3 is 5.32 Å². The Bertz CT molecular complexity index is 496. The molecule has 0 radical (unpaired) electrons. The van der Waals surface area contributed by atoms with E-state index in [1.54, 1.807) is 12.1 Å². The van der Waals surface area contributed by atoms with Crippen LogP contribution in [0.4, 0.5) is 0 Å². The second-order valence-electron chi connectivity index (χ2n) is 4.75. The number of nitrogens with one attached hydrogen (secondary N) is 2. The molecule has 0 fully saturated rings. The second kappa shape index (κ2) is 6.31. The van der Waals surface area contributed by atoms with Crippen LogP contribution in [-0.4, -0.2) is 27.5 Å². The van der Waals surface area contributed by atoms with Crippen molar-refractivity contribution < 1.29 is 8.42 Å². The minimum absolute atomic E-state index is 0.329. The highest BCUT2D eigenvalue weighted by Crippen LogP contribution is 2.14. The summed E-state index contributed by atoms with van der Waals surface area (Å²) in [7, 11) is -3.39. The molecule has 102 valence electrons. The van der Waals surface area contributed by atoms with Crippen LogP contribution in [-0.2, 0) is 10.0 Å². The van der Waals surface area contributed by atoms with Crippen LogP contribution in [0, 0.1) is 13.8 Å². The lowest BCUT2D eigenvalue weighted by Crippen LogP contribution is -2.34. The zero-order chi connectivity index (χ0) is 13.8. The van der Waals surface area contributed by atoms with E-state index >= 15 is 0 Å². The third-order valence-electron chi connectivity index (χ3n) is 2.76. The molecule has 4 nitrogen and oxygen atoms in total. The van der Waals surface area contributed by atoms with Crippen LogP contribution in [0.15, 0.2) is 23.1 Å². The fourth-order valence-corrected chi connectivity index (χ4v) is 2.63. The normalized spacial score (nSPS) is 12.1. The van der Waals surface area contributed by atoms with Crippen molar-refractivity contribution in [2.75, 3.05) is 13.1 Å². The Morgan fingerprint density at radius 3 is 2.33 bits per heavy atom.